The average Bonchev–Trinajstić information content (AvgIpc) is 2.88. The number of carbonyl (C=O) groups excluding carboxylic acids is 3. The average molecular weight is 365 g/mol. The predicted octanol–water partition coefficient (Wildman–Crippen LogP) is 2.96. The lowest BCUT2D eigenvalue weighted by Crippen LogP contribution is -2.42. The van der Waals surface area contributed by atoms with E-state index in [9.17, 15) is 14.4 Å². The van der Waals surface area contributed by atoms with Gasteiger partial charge in [0.1, 0.15) is 12.1 Å². The van der Waals surface area contributed by atoms with Crippen LogP contribution in [0.2, 0.25) is 0 Å². The summed E-state index contributed by atoms with van der Waals surface area (Å²) >= 11 is 0. The summed E-state index contributed by atoms with van der Waals surface area (Å²) in [5.74, 6) is -0.839. The molecule has 0 aliphatic carbocycles. The van der Waals surface area contributed by atoms with Crippen molar-refractivity contribution < 1.29 is 14.4 Å². The number of anilines is 1. The molecule has 0 spiro atoms. The SMILES string of the molecule is CCc1cccc(C)c1NC(=O)CN1C(=O)NC(C)(c2ccccc2)C1=O. The van der Waals surface area contributed by atoms with Gasteiger partial charge in [0.05, 0.1) is 0 Å². The summed E-state index contributed by atoms with van der Waals surface area (Å²) in [6, 6.07) is 14.2. The van der Waals surface area contributed by atoms with Crippen molar-refractivity contribution in [1.29, 1.82) is 0 Å². The first kappa shape index (κ1) is 18.6. The topological polar surface area (TPSA) is 78.5 Å². The number of benzene rings is 2. The van der Waals surface area contributed by atoms with Crippen molar-refractivity contribution in [2.75, 3.05) is 11.9 Å². The van der Waals surface area contributed by atoms with Crippen LogP contribution < -0.4 is 10.6 Å². The first-order valence-corrected chi connectivity index (χ1v) is 8.94. The van der Waals surface area contributed by atoms with Crippen molar-refractivity contribution >= 4 is 23.5 Å². The third-order valence-electron chi connectivity index (χ3n) is 4.93. The van der Waals surface area contributed by atoms with Gasteiger partial charge in [0.25, 0.3) is 5.91 Å². The Kier molecular flexibility index (Phi) is 4.99. The summed E-state index contributed by atoms with van der Waals surface area (Å²) in [6.07, 6.45) is 0.770. The van der Waals surface area contributed by atoms with Crippen LogP contribution in [0.3, 0.4) is 0 Å². The number of imide groups is 1. The number of nitrogens with zero attached hydrogens (tertiary/aromatic N) is 1. The van der Waals surface area contributed by atoms with Crippen molar-refractivity contribution in [1.82, 2.24) is 10.2 Å². The number of hydrogen-bond acceptors (Lipinski definition) is 3. The van der Waals surface area contributed by atoms with Crippen LogP contribution in [0.5, 0.6) is 0 Å². The van der Waals surface area contributed by atoms with Gasteiger partial charge in [-0.2, -0.15) is 0 Å². The molecule has 0 bridgehead atoms. The minimum absolute atomic E-state index is 0.329. The summed E-state index contributed by atoms with van der Waals surface area (Å²) in [5.41, 5.74) is 2.19. The maximum absolute atomic E-state index is 12.9. The first-order chi connectivity index (χ1) is 12.9. The van der Waals surface area contributed by atoms with E-state index in [1.54, 1.807) is 31.2 Å². The van der Waals surface area contributed by atoms with Crippen LogP contribution in [0.4, 0.5) is 10.5 Å². The molecule has 1 fully saturated rings. The van der Waals surface area contributed by atoms with E-state index in [-0.39, 0.29) is 6.54 Å². The standard InChI is InChI=1S/C21H23N3O3/c1-4-15-10-8-9-14(2)18(15)22-17(25)13-24-19(26)21(3,23-20(24)27)16-11-6-5-7-12-16/h5-12H,4,13H2,1-3H3,(H,22,25)(H,23,27). The van der Waals surface area contributed by atoms with Crippen molar-refractivity contribution in [2.24, 2.45) is 0 Å². The van der Waals surface area contributed by atoms with Gasteiger partial charge >= 0.3 is 6.03 Å². The van der Waals surface area contributed by atoms with Crippen LogP contribution in [0.1, 0.15) is 30.5 Å². The predicted molar refractivity (Wildman–Crippen MR) is 103 cm³/mol. The fraction of sp³-hybridized carbons (Fsp3) is 0.286. The highest BCUT2D eigenvalue weighted by Crippen LogP contribution is 2.28. The molecule has 6 nitrogen and oxygen atoms in total. The van der Waals surface area contributed by atoms with E-state index in [4.69, 9.17) is 0 Å². The molecule has 4 amide bonds. The summed E-state index contributed by atoms with van der Waals surface area (Å²) in [4.78, 5) is 38.8. The number of aryl methyl sites for hydroxylation is 2. The van der Waals surface area contributed by atoms with Gasteiger partial charge < -0.3 is 10.6 Å². The Morgan fingerprint density at radius 1 is 1.11 bits per heavy atom. The molecule has 1 heterocycles. The maximum Gasteiger partial charge on any atom is 0.325 e. The number of urea groups is 1. The fourth-order valence-electron chi connectivity index (χ4n) is 3.33. The summed E-state index contributed by atoms with van der Waals surface area (Å²) in [5, 5.41) is 5.56. The van der Waals surface area contributed by atoms with Crippen LogP contribution in [0, 0.1) is 6.92 Å². The Labute approximate surface area is 158 Å². The monoisotopic (exact) mass is 365 g/mol. The van der Waals surface area contributed by atoms with Crippen molar-refractivity contribution in [3.05, 3.63) is 65.2 Å². The minimum atomic E-state index is -1.17. The molecule has 1 aliphatic heterocycles. The molecule has 1 aliphatic rings. The molecule has 140 valence electrons. The molecule has 6 heteroatoms. The second-order valence-electron chi connectivity index (χ2n) is 6.82. The van der Waals surface area contributed by atoms with E-state index in [2.05, 4.69) is 10.6 Å². The summed E-state index contributed by atoms with van der Waals surface area (Å²) in [6.45, 7) is 5.24. The highest BCUT2D eigenvalue weighted by Gasteiger charge is 2.49. The third-order valence-corrected chi connectivity index (χ3v) is 4.93. The van der Waals surface area contributed by atoms with E-state index in [0.717, 1.165) is 28.1 Å². The maximum atomic E-state index is 12.9. The molecule has 3 rings (SSSR count). The van der Waals surface area contributed by atoms with Gasteiger partial charge in [-0.05, 0) is 37.0 Å². The fourth-order valence-corrected chi connectivity index (χ4v) is 3.33. The van der Waals surface area contributed by atoms with Crippen LogP contribution in [0.15, 0.2) is 48.5 Å². The molecular weight excluding hydrogens is 342 g/mol. The van der Waals surface area contributed by atoms with Gasteiger partial charge in [0, 0.05) is 5.69 Å². The van der Waals surface area contributed by atoms with E-state index in [0.29, 0.717) is 5.56 Å². The van der Waals surface area contributed by atoms with Gasteiger partial charge in [-0.1, -0.05) is 55.5 Å². The Bertz CT molecular complexity index is 895. The smallest absolute Gasteiger partial charge is 0.324 e. The zero-order chi connectivity index (χ0) is 19.6. The lowest BCUT2D eigenvalue weighted by atomic mass is 9.92. The van der Waals surface area contributed by atoms with E-state index < -0.39 is 23.4 Å². The zero-order valence-electron chi connectivity index (χ0n) is 15.7. The van der Waals surface area contributed by atoms with Gasteiger partial charge in [-0.15, -0.1) is 0 Å². The van der Waals surface area contributed by atoms with Crippen molar-refractivity contribution in [2.45, 2.75) is 32.7 Å². The van der Waals surface area contributed by atoms with Gasteiger partial charge in [0.15, 0.2) is 0 Å². The Hall–Kier alpha value is -3.15. The molecule has 0 radical (unpaired) electrons. The quantitative estimate of drug-likeness (QED) is 0.800. The van der Waals surface area contributed by atoms with E-state index >= 15 is 0 Å². The van der Waals surface area contributed by atoms with Gasteiger partial charge in [-0.25, -0.2) is 4.79 Å². The normalized spacial score (nSPS) is 19.1. The molecule has 1 atom stereocenters. The number of nitrogens with one attached hydrogen (secondary N) is 2. The van der Waals surface area contributed by atoms with Crippen LogP contribution in [0.25, 0.3) is 0 Å². The number of amides is 4. The van der Waals surface area contributed by atoms with Crippen molar-refractivity contribution in [3.63, 3.8) is 0 Å². The molecule has 2 aromatic carbocycles. The lowest BCUT2D eigenvalue weighted by Gasteiger charge is -2.22. The van der Waals surface area contributed by atoms with Gasteiger partial charge in [0.2, 0.25) is 5.91 Å². The molecule has 2 aromatic rings. The Morgan fingerprint density at radius 3 is 2.48 bits per heavy atom. The van der Waals surface area contributed by atoms with Crippen LogP contribution in [-0.4, -0.2) is 29.3 Å². The van der Waals surface area contributed by atoms with Crippen LogP contribution >= 0.6 is 0 Å². The molecule has 0 saturated carbocycles. The molecule has 1 unspecified atom stereocenters. The van der Waals surface area contributed by atoms with Crippen molar-refractivity contribution in [3.8, 4) is 0 Å². The minimum Gasteiger partial charge on any atom is -0.324 e. The largest absolute Gasteiger partial charge is 0.325 e. The molecule has 1 saturated heterocycles. The number of para-hydroxylation sites is 1. The van der Waals surface area contributed by atoms with E-state index in [1.165, 1.54) is 0 Å². The second kappa shape index (κ2) is 7.23. The molecule has 27 heavy (non-hydrogen) atoms. The van der Waals surface area contributed by atoms with Gasteiger partial charge in [-0.3, -0.25) is 14.5 Å². The molecule has 2 N–H and O–H groups in total. The first-order valence-electron chi connectivity index (χ1n) is 8.94. The molecular formula is C21H23N3O3. The number of hydrogen-bond donors (Lipinski definition) is 2. The zero-order valence-corrected chi connectivity index (χ0v) is 15.7. The molecule has 0 aromatic heterocycles. The van der Waals surface area contributed by atoms with Crippen LogP contribution in [-0.2, 0) is 21.5 Å². The summed E-state index contributed by atoms with van der Waals surface area (Å²) < 4.78 is 0. The Balaban J connectivity index is 1.77. The lowest BCUT2D eigenvalue weighted by molar-refractivity contribution is -0.133. The third kappa shape index (κ3) is 3.43. The highest BCUT2D eigenvalue weighted by molar-refractivity contribution is 6.10. The number of rotatable bonds is 5. The Morgan fingerprint density at radius 2 is 1.81 bits per heavy atom. The second-order valence-corrected chi connectivity index (χ2v) is 6.82. The van der Waals surface area contributed by atoms with E-state index in [1.807, 2.05) is 38.1 Å². The summed E-state index contributed by atoms with van der Waals surface area (Å²) in [7, 11) is 0. The number of carbonyl (C=O) groups is 3. The highest BCUT2D eigenvalue weighted by atomic mass is 16.2.